The van der Waals surface area contributed by atoms with Crippen LogP contribution in [0.4, 0.5) is 4.39 Å². The molecule has 0 amide bonds. The van der Waals surface area contributed by atoms with Crippen molar-refractivity contribution in [3.63, 3.8) is 0 Å². The lowest BCUT2D eigenvalue weighted by molar-refractivity contribution is 0.117. The predicted octanol–water partition coefficient (Wildman–Crippen LogP) is 2.18. The zero-order valence-electron chi connectivity index (χ0n) is 9.99. The summed E-state index contributed by atoms with van der Waals surface area (Å²) in [6.07, 6.45) is 0.994. The molecule has 1 rings (SSSR count). The molecule has 0 spiro atoms. The molecular weight excluding hydrogens is 239 g/mol. The van der Waals surface area contributed by atoms with Crippen LogP contribution in [0.5, 0.6) is 0 Å². The first kappa shape index (κ1) is 14.4. The highest BCUT2D eigenvalue weighted by Gasteiger charge is 2.07. The fourth-order valence-corrected chi connectivity index (χ4v) is 2.22. The molecule has 1 unspecified atom stereocenters. The lowest BCUT2D eigenvalue weighted by Gasteiger charge is -2.15. The zero-order chi connectivity index (χ0) is 12.5. The molecule has 1 aromatic rings. The van der Waals surface area contributed by atoms with E-state index in [1.165, 1.54) is 12.1 Å². The molecule has 0 fully saturated rings. The van der Waals surface area contributed by atoms with Gasteiger partial charge in [0.25, 0.3) is 0 Å². The number of nitrogens with two attached hydrogens (primary N) is 1. The van der Waals surface area contributed by atoms with Crippen molar-refractivity contribution in [2.24, 2.45) is 5.84 Å². The summed E-state index contributed by atoms with van der Waals surface area (Å²) in [6, 6.07) is 6.62. The number of benzene rings is 1. The van der Waals surface area contributed by atoms with E-state index in [1.54, 1.807) is 17.8 Å². The summed E-state index contributed by atoms with van der Waals surface area (Å²) in [5.74, 6) is 5.97. The molecule has 0 saturated heterocycles. The van der Waals surface area contributed by atoms with E-state index in [0.29, 0.717) is 6.61 Å². The van der Waals surface area contributed by atoms with Gasteiger partial charge in [0.15, 0.2) is 0 Å². The largest absolute Gasteiger partial charge is 0.380 e. The summed E-state index contributed by atoms with van der Waals surface area (Å²) in [4.78, 5) is 0.903. The summed E-state index contributed by atoms with van der Waals surface area (Å²) < 4.78 is 18.4. The van der Waals surface area contributed by atoms with Crippen LogP contribution in [-0.4, -0.2) is 25.0 Å². The molecule has 0 radical (unpaired) electrons. The fourth-order valence-electron chi connectivity index (χ4n) is 1.27. The van der Waals surface area contributed by atoms with Crippen LogP contribution in [0.3, 0.4) is 0 Å². The van der Waals surface area contributed by atoms with Crippen LogP contribution in [0, 0.1) is 5.82 Å². The number of rotatable bonds is 8. The highest BCUT2D eigenvalue weighted by Crippen LogP contribution is 2.19. The standard InChI is InChI=1S/C12H19FN2OS/c1-2-6-16-8-11(15-14)9-17-12-5-3-4-10(13)7-12/h3-5,7,11,15H,2,6,8-9,14H2,1H3. The van der Waals surface area contributed by atoms with E-state index in [0.717, 1.165) is 23.7 Å². The van der Waals surface area contributed by atoms with Gasteiger partial charge in [-0.3, -0.25) is 11.3 Å². The molecule has 1 aromatic carbocycles. The summed E-state index contributed by atoms with van der Waals surface area (Å²) >= 11 is 1.56. The Bertz CT molecular complexity index is 325. The Hall–Kier alpha value is -0.620. The van der Waals surface area contributed by atoms with Gasteiger partial charge in [-0.2, -0.15) is 0 Å². The van der Waals surface area contributed by atoms with E-state index >= 15 is 0 Å². The first-order chi connectivity index (χ1) is 8.26. The van der Waals surface area contributed by atoms with Crippen LogP contribution in [0.15, 0.2) is 29.2 Å². The summed E-state index contributed by atoms with van der Waals surface area (Å²) in [5.41, 5.74) is 2.71. The smallest absolute Gasteiger partial charge is 0.124 e. The quantitative estimate of drug-likeness (QED) is 0.325. The third kappa shape index (κ3) is 6.02. The van der Waals surface area contributed by atoms with Crippen molar-refractivity contribution in [2.75, 3.05) is 19.0 Å². The molecule has 0 aliphatic heterocycles. The van der Waals surface area contributed by atoms with Crippen molar-refractivity contribution in [1.29, 1.82) is 0 Å². The second-order valence-electron chi connectivity index (χ2n) is 3.71. The second-order valence-corrected chi connectivity index (χ2v) is 4.80. The van der Waals surface area contributed by atoms with E-state index in [4.69, 9.17) is 10.6 Å². The van der Waals surface area contributed by atoms with Crippen molar-refractivity contribution in [2.45, 2.75) is 24.3 Å². The maximum atomic E-state index is 12.9. The van der Waals surface area contributed by atoms with E-state index in [-0.39, 0.29) is 11.9 Å². The Morgan fingerprint density at radius 2 is 2.35 bits per heavy atom. The molecule has 0 aliphatic carbocycles. The molecule has 0 saturated carbocycles. The summed E-state index contributed by atoms with van der Waals surface area (Å²) in [5, 5.41) is 0. The number of thioether (sulfide) groups is 1. The van der Waals surface area contributed by atoms with Crippen LogP contribution in [0.2, 0.25) is 0 Å². The van der Waals surface area contributed by atoms with Crippen molar-refractivity contribution in [3.05, 3.63) is 30.1 Å². The molecule has 0 bridgehead atoms. The van der Waals surface area contributed by atoms with Crippen molar-refractivity contribution in [1.82, 2.24) is 5.43 Å². The van der Waals surface area contributed by atoms with Gasteiger partial charge in [0.05, 0.1) is 12.6 Å². The number of hydrogen-bond acceptors (Lipinski definition) is 4. The van der Waals surface area contributed by atoms with Crippen LogP contribution < -0.4 is 11.3 Å². The SMILES string of the molecule is CCCOCC(CSc1cccc(F)c1)NN. The lowest BCUT2D eigenvalue weighted by atomic mass is 10.3. The van der Waals surface area contributed by atoms with E-state index in [1.807, 2.05) is 6.07 Å². The first-order valence-corrected chi connectivity index (χ1v) is 6.67. The molecule has 17 heavy (non-hydrogen) atoms. The van der Waals surface area contributed by atoms with Gasteiger partial charge in [-0.25, -0.2) is 4.39 Å². The van der Waals surface area contributed by atoms with Gasteiger partial charge < -0.3 is 4.74 Å². The van der Waals surface area contributed by atoms with Crippen LogP contribution in [-0.2, 0) is 4.74 Å². The van der Waals surface area contributed by atoms with E-state index in [2.05, 4.69) is 12.3 Å². The van der Waals surface area contributed by atoms with Gasteiger partial charge >= 0.3 is 0 Å². The molecule has 0 heterocycles. The van der Waals surface area contributed by atoms with Gasteiger partial charge in [-0.15, -0.1) is 11.8 Å². The first-order valence-electron chi connectivity index (χ1n) is 5.68. The minimum atomic E-state index is -0.213. The van der Waals surface area contributed by atoms with Gasteiger partial charge in [-0.05, 0) is 24.6 Å². The van der Waals surface area contributed by atoms with Crippen molar-refractivity contribution in [3.8, 4) is 0 Å². The lowest BCUT2D eigenvalue weighted by Crippen LogP contribution is -2.40. The topological polar surface area (TPSA) is 47.3 Å². The van der Waals surface area contributed by atoms with Crippen molar-refractivity contribution < 1.29 is 9.13 Å². The Balaban J connectivity index is 2.31. The molecule has 96 valence electrons. The highest BCUT2D eigenvalue weighted by molar-refractivity contribution is 7.99. The number of hydrazine groups is 1. The van der Waals surface area contributed by atoms with Gasteiger partial charge in [0, 0.05) is 17.3 Å². The minimum absolute atomic E-state index is 0.0785. The molecule has 0 aliphatic rings. The summed E-state index contributed by atoms with van der Waals surface area (Å²) in [7, 11) is 0. The molecule has 5 heteroatoms. The highest BCUT2D eigenvalue weighted by atomic mass is 32.2. The Kier molecular flexibility index (Phi) is 7.19. The fraction of sp³-hybridized carbons (Fsp3) is 0.500. The maximum absolute atomic E-state index is 12.9. The Morgan fingerprint density at radius 1 is 1.53 bits per heavy atom. The molecule has 0 aromatic heterocycles. The number of hydrogen-bond donors (Lipinski definition) is 2. The molecule has 3 nitrogen and oxygen atoms in total. The maximum Gasteiger partial charge on any atom is 0.124 e. The van der Waals surface area contributed by atoms with Crippen LogP contribution in [0.1, 0.15) is 13.3 Å². The van der Waals surface area contributed by atoms with Crippen LogP contribution >= 0.6 is 11.8 Å². The van der Waals surface area contributed by atoms with Crippen LogP contribution in [0.25, 0.3) is 0 Å². The van der Waals surface area contributed by atoms with E-state index in [9.17, 15) is 4.39 Å². The van der Waals surface area contributed by atoms with Gasteiger partial charge in [0.2, 0.25) is 0 Å². The average Bonchev–Trinajstić information content (AvgIpc) is 2.34. The molecule has 3 N–H and O–H groups in total. The normalized spacial score (nSPS) is 12.6. The third-order valence-electron chi connectivity index (χ3n) is 2.15. The molecular formula is C12H19FN2OS. The Labute approximate surface area is 106 Å². The number of halogens is 1. The summed E-state index contributed by atoms with van der Waals surface area (Å²) in [6.45, 7) is 3.38. The number of ether oxygens (including phenoxy) is 1. The Morgan fingerprint density at radius 3 is 3.00 bits per heavy atom. The predicted molar refractivity (Wildman–Crippen MR) is 69.3 cm³/mol. The average molecular weight is 258 g/mol. The molecule has 1 atom stereocenters. The van der Waals surface area contributed by atoms with Crippen molar-refractivity contribution >= 4 is 11.8 Å². The van der Waals surface area contributed by atoms with Gasteiger partial charge in [-0.1, -0.05) is 13.0 Å². The van der Waals surface area contributed by atoms with E-state index < -0.39 is 0 Å². The minimum Gasteiger partial charge on any atom is -0.380 e. The monoisotopic (exact) mass is 258 g/mol. The van der Waals surface area contributed by atoms with Gasteiger partial charge in [0.1, 0.15) is 5.82 Å². The number of nitrogens with one attached hydrogen (secondary N) is 1. The zero-order valence-corrected chi connectivity index (χ0v) is 10.8. The second kappa shape index (κ2) is 8.47. The third-order valence-corrected chi connectivity index (χ3v) is 3.31.